The van der Waals surface area contributed by atoms with Gasteiger partial charge in [-0.15, -0.1) is 0 Å². The second kappa shape index (κ2) is 4.37. The zero-order valence-corrected chi connectivity index (χ0v) is 7.19. The maximum Gasteiger partial charge on any atom is 0.351 e. The predicted octanol–water partition coefficient (Wildman–Crippen LogP) is 3.96. The van der Waals surface area contributed by atoms with Crippen LogP contribution >= 0.6 is 11.6 Å². The van der Waals surface area contributed by atoms with E-state index in [0.717, 1.165) is 0 Å². The van der Waals surface area contributed by atoms with Crippen molar-refractivity contribution in [1.82, 2.24) is 0 Å². The van der Waals surface area contributed by atoms with Crippen LogP contribution in [0.4, 0.5) is 30.7 Å². The highest BCUT2D eigenvalue weighted by Crippen LogP contribution is 2.45. The van der Waals surface area contributed by atoms with E-state index in [1.54, 1.807) is 0 Å². The van der Waals surface area contributed by atoms with E-state index < -0.39 is 36.1 Å². The molecule has 0 saturated heterocycles. The second-order valence-corrected chi connectivity index (χ2v) is 2.89. The molecule has 0 bridgehead atoms. The number of hydrogen-bond donors (Lipinski definition) is 0. The summed E-state index contributed by atoms with van der Waals surface area (Å²) in [7, 11) is 0. The van der Waals surface area contributed by atoms with Crippen molar-refractivity contribution in [2.24, 2.45) is 0 Å². The van der Waals surface area contributed by atoms with Crippen LogP contribution in [0.3, 0.4) is 0 Å². The van der Waals surface area contributed by atoms with E-state index in [4.69, 9.17) is 0 Å². The Morgan fingerprint density at radius 2 is 1.50 bits per heavy atom. The average Bonchev–Trinajstić information content (AvgIpc) is 2.02. The molecule has 14 heavy (non-hydrogen) atoms. The van der Waals surface area contributed by atoms with E-state index in [1.165, 1.54) is 0 Å². The van der Waals surface area contributed by atoms with Gasteiger partial charge in [0.15, 0.2) is 0 Å². The molecular formula is C6H4ClF7. The van der Waals surface area contributed by atoms with Crippen molar-refractivity contribution in [2.75, 3.05) is 6.67 Å². The fourth-order valence-corrected chi connectivity index (χ4v) is 0.709. The minimum absolute atomic E-state index is 1.59. The quantitative estimate of drug-likeness (QED) is 0.519. The highest BCUT2D eigenvalue weighted by molar-refractivity contribution is 6.23. The van der Waals surface area contributed by atoms with Gasteiger partial charge in [0.2, 0.25) is 5.83 Å². The minimum Gasteiger partial charge on any atom is -0.251 e. The first kappa shape index (κ1) is 13.5. The lowest BCUT2D eigenvalue weighted by Gasteiger charge is -2.25. The van der Waals surface area contributed by atoms with Crippen molar-refractivity contribution in [3.8, 4) is 0 Å². The van der Waals surface area contributed by atoms with E-state index in [9.17, 15) is 30.7 Å². The molecule has 0 fully saturated rings. The average molecular weight is 245 g/mol. The summed E-state index contributed by atoms with van der Waals surface area (Å²) >= 11 is 4.40. The molecule has 0 aliphatic heterocycles. The third-order valence-corrected chi connectivity index (χ3v) is 1.74. The summed E-state index contributed by atoms with van der Waals surface area (Å²) in [5.41, 5.74) is 0. The van der Waals surface area contributed by atoms with E-state index in [1.807, 2.05) is 0 Å². The van der Waals surface area contributed by atoms with Crippen LogP contribution in [0.15, 0.2) is 11.9 Å². The summed E-state index contributed by atoms with van der Waals surface area (Å²) in [6.45, 7) is -1.63. The lowest BCUT2D eigenvalue weighted by Crippen LogP contribution is -2.40. The molecule has 0 N–H and O–H groups in total. The van der Waals surface area contributed by atoms with Crippen LogP contribution in [0.25, 0.3) is 0 Å². The molecule has 8 heteroatoms. The molecule has 0 aromatic carbocycles. The van der Waals surface area contributed by atoms with Crippen molar-refractivity contribution in [3.63, 3.8) is 0 Å². The van der Waals surface area contributed by atoms with Gasteiger partial charge in [0.1, 0.15) is 0 Å². The van der Waals surface area contributed by atoms with Crippen LogP contribution in [0.5, 0.6) is 0 Å². The molecule has 0 aliphatic rings. The first-order chi connectivity index (χ1) is 6.16. The highest BCUT2D eigenvalue weighted by atomic mass is 35.5. The van der Waals surface area contributed by atoms with Crippen molar-refractivity contribution in [1.29, 1.82) is 0 Å². The normalized spacial score (nSPS) is 16.3. The van der Waals surface area contributed by atoms with Gasteiger partial charge in [-0.25, -0.2) is 4.39 Å². The maximum absolute atomic E-state index is 12.6. The molecule has 84 valence electrons. The Labute approximate surface area is 79.3 Å². The predicted molar refractivity (Wildman–Crippen MR) is 35.6 cm³/mol. The molecule has 0 amide bonds. The number of halogens is 8. The molecule has 0 aromatic rings. The van der Waals surface area contributed by atoms with Gasteiger partial charge in [0.05, 0.1) is 6.67 Å². The molecular weight excluding hydrogens is 241 g/mol. The van der Waals surface area contributed by atoms with E-state index >= 15 is 0 Å². The lowest BCUT2D eigenvalue weighted by molar-refractivity contribution is -0.0870. The van der Waals surface area contributed by atoms with Crippen molar-refractivity contribution in [2.45, 2.75) is 17.5 Å². The second-order valence-electron chi connectivity index (χ2n) is 2.29. The van der Waals surface area contributed by atoms with Crippen LogP contribution in [0, 0.1) is 0 Å². The summed E-state index contributed by atoms with van der Waals surface area (Å²) < 4.78 is 83.9. The fourth-order valence-electron chi connectivity index (χ4n) is 0.555. The van der Waals surface area contributed by atoms with Gasteiger partial charge >= 0.3 is 12.0 Å². The minimum atomic E-state index is -5.25. The molecule has 0 spiro atoms. The Hall–Kier alpha value is -0.460. The standard InChI is InChI=1S/C6H4ClF7/c7-5(12,1-2-8)6(13,14)3(9)4(10)11/h1-2H2. The molecule has 0 aromatic heterocycles. The number of allylic oxidation sites excluding steroid dienone is 1. The smallest absolute Gasteiger partial charge is 0.251 e. The summed E-state index contributed by atoms with van der Waals surface area (Å²) in [5, 5.41) is -4.20. The molecule has 0 nitrogen and oxygen atoms in total. The molecule has 0 aliphatic carbocycles. The van der Waals surface area contributed by atoms with Crippen LogP contribution in [-0.2, 0) is 0 Å². The Morgan fingerprint density at radius 3 is 1.79 bits per heavy atom. The van der Waals surface area contributed by atoms with Gasteiger partial charge in [-0.05, 0) is 0 Å². The molecule has 0 saturated carbocycles. The van der Waals surface area contributed by atoms with Crippen LogP contribution in [-0.4, -0.2) is 17.7 Å². The van der Waals surface area contributed by atoms with Crippen LogP contribution < -0.4 is 0 Å². The first-order valence-corrected chi connectivity index (χ1v) is 3.57. The zero-order valence-electron chi connectivity index (χ0n) is 6.44. The topological polar surface area (TPSA) is 0 Å². The molecule has 1 atom stereocenters. The summed E-state index contributed by atoms with van der Waals surface area (Å²) in [6, 6.07) is 0. The highest BCUT2D eigenvalue weighted by Gasteiger charge is 2.58. The number of rotatable bonds is 4. The Kier molecular flexibility index (Phi) is 4.23. The number of alkyl halides is 5. The van der Waals surface area contributed by atoms with Crippen molar-refractivity contribution < 1.29 is 30.7 Å². The molecule has 1 unspecified atom stereocenters. The number of hydrogen-bond acceptors (Lipinski definition) is 0. The maximum atomic E-state index is 12.6. The molecule has 0 rings (SSSR count). The Balaban J connectivity index is 5.04. The van der Waals surface area contributed by atoms with Crippen molar-refractivity contribution in [3.05, 3.63) is 11.9 Å². The van der Waals surface area contributed by atoms with Crippen LogP contribution in [0.2, 0.25) is 0 Å². The Bertz CT molecular complexity index is 230. The molecule has 0 radical (unpaired) electrons. The summed E-state index contributed by atoms with van der Waals surface area (Å²) in [5.74, 6) is -8.54. The lowest BCUT2D eigenvalue weighted by atomic mass is 10.1. The zero-order chi connectivity index (χ0) is 11.6. The Morgan fingerprint density at radius 1 is 1.07 bits per heavy atom. The van der Waals surface area contributed by atoms with Gasteiger partial charge in [0.25, 0.3) is 5.13 Å². The van der Waals surface area contributed by atoms with E-state index in [-0.39, 0.29) is 0 Å². The fraction of sp³-hybridized carbons (Fsp3) is 0.667. The third kappa shape index (κ3) is 2.52. The first-order valence-electron chi connectivity index (χ1n) is 3.19. The van der Waals surface area contributed by atoms with E-state index in [0.29, 0.717) is 0 Å². The largest absolute Gasteiger partial charge is 0.351 e. The van der Waals surface area contributed by atoms with Gasteiger partial charge in [-0.2, -0.15) is 22.0 Å². The third-order valence-electron chi connectivity index (χ3n) is 1.31. The SMILES string of the molecule is FCCC(F)(Cl)C(F)(F)C(F)=C(F)F. The van der Waals surface area contributed by atoms with Gasteiger partial charge in [0, 0.05) is 6.42 Å². The molecule has 0 heterocycles. The van der Waals surface area contributed by atoms with Crippen molar-refractivity contribution >= 4 is 11.6 Å². The van der Waals surface area contributed by atoms with Gasteiger partial charge in [-0.1, -0.05) is 11.6 Å². The van der Waals surface area contributed by atoms with E-state index in [2.05, 4.69) is 11.6 Å². The summed E-state index contributed by atoms with van der Waals surface area (Å²) in [6.07, 6.45) is -4.99. The van der Waals surface area contributed by atoms with Gasteiger partial charge in [-0.3, -0.25) is 4.39 Å². The van der Waals surface area contributed by atoms with Gasteiger partial charge < -0.3 is 0 Å². The van der Waals surface area contributed by atoms with Crippen LogP contribution in [0.1, 0.15) is 6.42 Å². The monoisotopic (exact) mass is 244 g/mol. The summed E-state index contributed by atoms with van der Waals surface area (Å²) in [4.78, 5) is 0.